The Kier molecular flexibility index (Phi) is 6.67. The van der Waals surface area contributed by atoms with Gasteiger partial charge >= 0.3 is 0 Å². The van der Waals surface area contributed by atoms with Gasteiger partial charge in [-0.15, -0.1) is 11.3 Å². The SMILES string of the molecule is CC(NC(=O)COc1ccc(-c2ncccn2)cc1CN(C)C)c1nccs1. The van der Waals surface area contributed by atoms with Gasteiger partial charge in [0, 0.05) is 41.6 Å². The van der Waals surface area contributed by atoms with Crippen molar-refractivity contribution in [2.24, 2.45) is 0 Å². The number of carbonyl (C=O) groups excluding carboxylic acids is 1. The molecule has 1 N–H and O–H groups in total. The number of benzene rings is 1. The predicted octanol–water partition coefficient (Wildman–Crippen LogP) is 2.92. The van der Waals surface area contributed by atoms with Gasteiger partial charge in [-0.05, 0) is 45.3 Å². The highest BCUT2D eigenvalue weighted by Crippen LogP contribution is 2.26. The van der Waals surface area contributed by atoms with Crippen molar-refractivity contribution < 1.29 is 9.53 Å². The van der Waals surface area contributed by atoms with Gasteiger partial charge in [0.15, 0.2) is 12.4 Å². The van der Waals surface area contributed by atoms with Crippen molar-refractivity contribution in [3.8, 4) is 17.1 Å². The number of hydrogen-bond donors (Lipinski definition) is 1. The summed E-state index contributed by atoms with van der Waals surface area (Å²) in [6.07, 6.45) is 5.16. The van der Waals surface area contributed by atoms with Crippen molar-refractivity contribution in [3.05, 3.63) is 58.8 Å². The first-order chi connectivity index (χ1) is 13.5. The highest BCUT2D eigenvalue weighted by Gasteiger charge is 2.14. The van der Waals surface area contributed by atoms with Gasteiger partial charge in [0.05, 0.1) is 6.04 Å². The molecule has 146 valence electrons. The number of hydrogen-bond acceptors (Lipinski definition) is 7. The van der Waals surface area contributed by atoms with Crippen LogP contribution in [0.4, 0.5) is 0 Å². The molecular formula is C20H23N5O2S. The summed E-state index contributed by atoms with van der Waals surface area (Å²) in [5, 5.41) is 5.66. The normalized spacial score (nSPS) is 12.0. The zero-order chi connectivity index (χ0) is 19.9. The van der Waals surface area contributed by atoms with Gasteiger partial charge in [-0.2, -0.15) is 0 Å². The average molecular weight is 398 g/mol. The number of ether oxygens (including phenoxy) is 1. The van der Waals surface area contributed by atoms with Crippen LogP contribution >= 0.6 is 11.3 Å². The number of aromatic nitrogens is 3. The Labute approximate surface area is 168 Å². The number of thiazole rings is 1. The summed E-state index contributed by atoms with van der Waals surface area (Å²) in [6, 6.07) is 7.41. The third-order valence-corrected chi connectivity index (χ3v) is 4.89. The lowest BCUT2D eigenvalue weighted by Gasteiger charge is -2.17. The molecule has 1 unspecified atom stereocenters. The molecule has 1 amide bonds. The molecule has 3 rings (SSSR count). The van der Waals surface area contributed by atoms with Crippen molar-refractivity contribution in [1.82, 2.24) is 25.2 Å². The van der Waals surface area contributed by atoms with E-state index in [4.69, 9.17) is 4.74 Å². The van der Waals surface area contributed by atoms with Crippen molar-refractivity contribution >= 4 is 17.2 Å². The molecule has 0 aliphatic heterocycles. The smallest absolute Gasteiger partial charge is 0.258 e. The van der Waals surface area contributed by atoms with Crippen LogP contribution in [0.3, 0.4) is 0 Å². The Balaban J connectivity index is 1.69. The molecule has 0 aliphatic carbocycles. The fourth-order valence-electron chi connectivity index (χ4n) is 2.71. The maximum Gasteiger partial charge on any atom is 0.258 e. The minimum atomic E-state index is -0.186. The number of amides is 1. The van der Waals surface area contributed by atoms with Crippen molar-refractivity contribution in [1.29, 1.82) is 0 Å². The van der Waals surface area contributed by atoms with E-state index < -0.39 is 0 Å². The number of nitrogens with zero attached hydrogens (tertiary/aromatic N) is 4. The molecule has 1 aromatic carbocycles. The minimum absolute atomic E-state index is 0.0582. The fraction of sp³-hybridized carbons (Fsp3) is 0.300. The number of rotatable bonds is 8. The summed E-state index contributed by atoms with van der Waals surface area (Å²) in [5.74, 6) is 1.14. The molecule has 8 heteroatoms. The maximum absolute atomic E-state index is 12.3. The third-order valence-electron chi connectivity index (χ3n) is 3.93. The van der Waals surface area contributed by atoms with Crippen LogP contribution in [0.1, 0.15) is 23.5 Å². The first-order valence-corrected chi connectivity index (χ1v) is 9.77. The van der Waals surface area contributed by atoms with Crippen LogP contribution in [-0.2, 0) is 11.3 Å². The largest absolute Gasteiger partial charge is 0.483 e. The van der Waals surface area contributed by atoms with E-state index in [9.17, 15) is 4.79 Å². The number of nitrogens with one attached hydrogen (secondary N) is 1. The third kappa shape index (κ3) is 5.34. The minimum Gasteiger partial charge on any atom is -0.483 e. The van der Waals surface area contributed by atoms with Crippen molar-refractivity contribution in [2.45, 2.75) is 19.5 Å². The summed E-state index contributed by atoms with van der Waals surface area (Å²) in [5.41, 5.74) is 1.88. The van der Waals surface area contributed by atoms with E-state index in [0.29, 0.717) is 18.1 Å². The molecular weight excluding hydrogens is 374 g/mol. The molecule has 0 spiro atoms. The summed E-state index contributed by atoms with van der Waals surface area (Å²) in [6.45, 7) is 2.52. The van der Waals surface area contributed by atoms with Gasteiger partial charge < -0.3 is 15.0 Å². The molecule has 0 radical (unpaired) electrons. The fourth-order valence-corrected chi connectivity index (χ4v) is 3.35. The van der Waals surface area contributed by atoms with Gasteiger partial charge in [0.1, 0.15) is 10.8 Å². The zero-order valence-electron chi connectivity index (χ0n) is 16.1. The standard InChI is InChI=1S/C20H23N5O2S/c1-14(20-23-9-10-28-20)24-18(26)13-27-17-6-5-15(11-16(17)12-25(2)3)19-21-7-4-8-22-19/h4-11,14H,12-13H2,1-3H3,(H,24,26). The average Bonchev–Trinajstić information content (AvgIpc) is 3.22. The Morgan fingerprint density at radius 1 is 1.21 bits per heavy atom. The van der Waals surface area contributed by atoms with Gasteiger partial charge in [-0.25, -0.2) is 15.0 Å². The van der Waals surface area contributed by atoms with E-state index in [1.807, 2.05) is 49.5 Å². The number of carbonyl (C=O) groups is 1. The van der Waals surface area contributed by atoms with Crippen LogP contribution in [0.2, 0.25) is 0 Å². The van der Waals surface area contributed by atoms with Crippen LogP contribution in [0.25, 0.3) is 11.4 Å². The van der Waals surface area contributed by atoms with E-state index in [1.54, 1.807) is 24.7 Å². The molecule has 0 bridgehead atoms. The van der Waals surface area contributed by atoms with Crippen LogP contribution in [0.15, 0.2) is 48.2 Å². The van der Waals surface area contributed by atoms with Crippen LogP contribution in [0.5, 0.6) is 5.75 Å². The molecule has 2 aromatic heterocycles. The zero-order valence-corrected chi connectivity index (χ0v) is 16.9. The van der Waals surface area contributed by atoms with Gasteiger partial charge in [-0.3, -0.25) is 4.79 Å². The van der Waals surface area contributed by atoms with Gasteiger partial charge in [0.25, 0.3) is 5.91 Å². The molecule has 2 heterocycles. The van der Waals surface area contributed by atoms with Gasteiger partial charge in [0.2, 0.25) is 0 Å². The van der Waals surface area contributed by atoms with Crippen LogP contribution in [-0.4, -0.2) is 46.5 Å². The summed E-state index contributed by atoms with van der Waals surface area (Å²) >= 11 is 1.51. The first kappa shape index (κ1) is 19.9. The quantitative estimate of drug-likeness (QED) is 0.630. The van der Waals surface area contributed by atoms with E-state index in [2.05, 4.69) is 20.3 Å². The molecule has 0 aliphatic rings. The second-order valence-corrected chi connectivity index (χ2v) is 7.51. The topological polar surface area (TPSA) is 80.2 Å². The lowest BCUT2D eigenvalue weighted by molar-refractivity contribution is -0.123. The van der Waals surface area contributed by atoms with Crippen LogP contribution < -0.4 is 10.1 Å². The maximum atomic E-state index is 12.3. The molecule has 7 nitrogen and oxygen atoms in total. The first-order valence-electron chi connectivity index (χ1n) is 8.89. The molecule has 0 saturated heterocycles. The summed E-state index contributed by atoms with van der Waals surface area (Å²) in [4.78, 5) is 27.1. The molecule has 1 atom stereocenters. The monoisotopic (exact) mass is 397 g/mol. The lowest BCUT2D eigenvalue weighted by Crippen LogP contribution is -2.31. The Hall–Kier alpha value is -2.84. The highest BCUT2D eigenvalue weighted by atomic mass is 32.1. The molecule has 0 fully saturated rings. The van der Waals surface area contributed by atoms with Gasteiger partial charge in [-0.1, -0.05) is 0 Å². The van der Waals surface area contributed by atoms with E-state index in [1.165, 1.54) is 11.3 Å². The van der Waals surface area contributed by atoms with E-state index in [0.717, 1.165) is 16.1 Å². The molecule has 0 saturated carbocycles. The Morgan fingerprint density at radius 3 is 2.68 bits per heavy atom. The van der Waals surface area contributed by atoms with E-state index >= 15 is 0 Å². The summed E-state index contributed by atoms with van der Waals surface area (Å²) in [7, 11) is 3.97. The Bertz CT molecular complexity index is 900. The Morgan fingerprint density at radius 2 is 2.00 bits per heavy atom. The predicted molar refractivity (Wildman–Crippen MR) is 109 cm³/mol. The van der Waals surface area contributed by atoms with E-state index in [-0.39, 0.29) is 18.6 Å². The van der Waals surface area contributed by atoms with Crippen LogP contribution in [0, 0.1) is 0 Å². The lowest BCUT2D eigenvalue weighted by atomic mass is 10.1. The molecule has 3 aromatic rings. The van der Waals surface area contributed by atoms with Crippen molar-refractivity contribution in [3.63, 3.8) is 0 Å². The highest BCUT2D eigenvalue weighted by molar-refractivity contribution is 7.09. The summed E-state index contributed by atoms with van der Waals surface area (Å²) < 4.78 is 5.81. The molecule has 28 heavy (non-hydrogen) atoms. The van der Waals surface area contributed by atoms with Crippen molar-refractivity contribution in [2.75, 3.05) is 20.7 Å². The second kappa shape index (κ2) is 9.38. The second-order valence-electron chi connectivity index (χ2n) is 6.58.